The Balaban J connectivity index is 0. The quantitative estimate of drug-likeness (QED) is 0.139. The minimum atomic E-state index is -0.345. The Morgan fingerprint density at radius 3 is 2.08 bits per heavy atom. The van der Waals surface area contributed by atoms with E-state index in [2.05, 4.69) is 12.2 Å². The number of ether oxygens (including phenoxy) is 1. The van der Waals surface area contributed by atoms with Crippen molar-refractivity contribution < 1.29 is 48.7 Å². The first-order valence-corrected chi connectivity index (χ1v) is 12.5. The smallest absolute Gasteiger partial charge is 0.461 e. The molecule has 0 fully saturated rings. The van der Waals surface area contributed by atoms with Crippen LogP contribution in [0.15, 0.2) is 42.5 Å². The number of nitrogens with two attached hydrogens (primary N) is 2. The summed E-state index contributed by atoms with van der Waals surface area (Å²) in [5, 5.41) is 2.95. The van der Waals surface area contributed by atoms with Gasteiger partial charge in [-0.1, -0.05) is 51.1 Å². The number of amides is 2. The van der Waals surface area contributed by atoms with E-state index in [4.69, 9.17) is 16.2 Å². The van der Waals surface area contributed by atoms with E-state index >= 15 is 0 Å². The summed E-state index contributed by atoms with van der Waals surface area (Å²) < 4.78 is 5.37. The fourth-order valence-corrected chi connectivity index (χ4v) is 3.36. The first-order chi connectivity index (χ1) is 16.9. The summed E-state index contributed by atoms with van der Waals surface area (Å²) in [5.41, 5.74) is 11.1. The molecule has 2 amide bonds. The summed E-state index contributed by atoms with van der Waals surface area (Å²) in [6.45, 7) is 15.9. The van der Waals surface area contributed by atoms with Crippen molar-refractivity contribution in [3.63, 3.8) is 0 Å². The van der Waals surface area contributed by atoms with Crippen LogP contribution in [0.2, 0.25) is 0 Å². The van der Waals surface area contributed by atoms with Crippen LogP contribution in [0, 0.1) is 12.3 Å². The molecule has 9 heteroatoms. The van der Waals surface area contributed by atoms with Gasteiger partial charge >= 0.3 is 35.5 Å². The zero-order valence-electron chi connectivity index (χ0n) is 23.8. The predicted octanol–water partition coefficient (Wildman–Crippen LogP) is 0.358. The maximum atomic E-state index is 12.1. The van der Waals surface area contributed by atoms with Crippen molar-refractivity contribution in [2.75, 3.05) is 26.2 Å². The van der Waals surface area contributed by atoms with E-state index in [-0.39, 0.29) is 58.3 Å². The molecule has 1 aromatic rings. The van der Waals surface area contributed by atoms with E-state index in [1.54, 1.807) is 4.90 Å². The van der Waals surface area contributed by atoms with E-state index in [1.807, 2.05) is 65.0 Å². The van der Waals surface area contributed by atoms with Gasteiger partial charge < -0.3 is 26.4 Å². The number of carbonyl (C=O) groups excluding carboxylic acids is 3. The summed E-state index contributed by atoms with van der Waals surface area (Å²) >= 11 is 0. The molecular formula is C28H47N4NaO4. The molecule has 0 spiro atoms. The summed E-state index contributed by atoms with van der Waals surface area (Å²) in [5.74, 6) is -0.225. The molecule has 0 heterocycles. The molecule has 1 rings (SSSR count). The van der Waals surface area contributed by atoms with Crippen molar-refractivity contribution in [3.05, 3.63) is 55.0 Å². The molecule has 0 aromatic heterocycles. The molecule has 37 heavy (non-hydrogen) atoms. The standard InChI is InChI=1S/C21H30NO3.C7H17N3O.Na/c1-6-10-18(23)22-21(4,5)14-13-20(2,3)15-19(24)25-16-17-11-8-7-9-12-17;1-2-7(11)10(5-3-8)6-4-9;/h6-12H,1,13-16H2,2-5H3,(H,22,23);2-6,8-9H2,1H3;/q-1;;+1. The van der Waals surface area contributed by atoms with Gasteiger partial charge in [-0.05, 0) is 37.7 Å². The van der Waals surface area contributed by atoms with E-state index in [9.17, 15) is 14.4 Å². The predicted molar refractivity (Wildman–Crippen MR) is 146 cm³/mol. The second-order valence-corrected chi connectivity index (χ2v) is 10.1. The van der Waals surface area contributed by atoms with E-state index in [0.29, 0.717) is 45.6 Å². The molecule has 204 valence electrons. The second-order valence-electron chi connectivity index (χ2n) is 10.1. The average molecular weight is 527 g/mol. The minimum absolute atomic E-state index is 0. The Bertz CT molecular complexity index is 808. The number of nitrogens with one attached hydrogen (secondary N) is 1. The summed E-state index contributed by atoms with van der Waals surface area (Å²) in [4.78, 5) is 36.6. The first kappa shape index (κ1) is 37.3. The Morgan fingerprint density at radius 1 is 1.03 bits per heavy atom. The Hall–Kier alpha value is -1.84. The van der Waals surface area contributed by atoms with Gasteiger partial charge in [0.1, 0.15) is 6.61 Å². The third-order valence-corrected chi connectivity index (χ3v) is 5.48. The summed E-state index contributed by atoms with van der Waals surface area (Å²) in [6, 6.07) is 9.65. The van der Waals surface area contributed by atoms with Crippen LogP contribution in [-0.2, 0) is 25.7 Å². The van der Waals surface area contributed by atoms with Gasteiger partial charge in [0.2, 0.25) is 5.91 Å². The fraction of sp³-hybridized carbons (Fsp3) is 0.571. The van der Waals surface area contributed by atoms with Gasteiger partial charge in [-0.15, -0.1) is 6.08 Å². The number of hydrogen-bond acceptors (Lipinski definition) is 6. The fourth-order valence-electron chi connectivity index (χ4n) is 3.36. The van der Waals surface area contributed by atoms with Crippen molar-refractivity contribution in [2.24, 2.45) is 16.9 Å². The zero-order valence-corrected chi connectivity index (χ0v) is 25.8. The van der Waals surface area contributed by atoms with Gasteiger partial charge in [0, 0.05) is 38.1 Å². The molecule has 0 saturated carbocycles. The summed E-state index contributed by atoms with van der Waals surface area (Å²) in [6.07, 6.45) is 5.33. The first-order valence-electron chi connectivity index (χ1n) is 12.5. The number of esters is 1. The van der Waals surface area contributed by atoms with Gasteiger partial charge in [0.15, 0.2) is 5.91 Å². The molecule has 5 N–H and O–H groups in total. The van der Waals surface area contributed by atoms with Gasteiger partial charge in [-0.25, -0.2) is 13.0 Å². The van der Waals surface area contributed by atoms with E-state index in [1.165, 1.54) is 12.2 Å². The molecule has 0 radical (unpaired) electrons. The van der Waals surface area contributed by atoms with Crippen molar-refractivity contribution in [2.45, 2.75) is 72.4 Å². The van der Waals surface area contributed by atoms with Crippen LogP contribution in [0.3, 0.4) is 0 Å². The van der Waals surface area contributed by atoms with Gasteiger partial charge in [0.25, 0.3) is 0 Å². The zero-order chi connectivity index (χ0) is 27.6. The van der Waals surface area contributed by atoms with Crippen molar-refractivity contribution in [3.8, 4) is 0 Å². The van der Waals surface area contributed by atoms with Crippen molar-refractivity contribution in [1.82, 2.24) is 10.2 Å². The largest absolute Gasteiger partial charge is 1.00 e. The third-order valence-electron chi connectivity index (χ3n) is 5.48. The number of nitrogens with zero attached hydrogens (tertiary/aromatic N) is 1. The van der Waals surface area contributed by atoms with Gasteiger partial charge in [-0.2, -0.15) is 0 Å². The molecule has 8 nitrogen and oxygen atoms in total. The molecule has 0 atom stereocenters. The van der Waals surface area contributed by atoms with E-state index in [0.717, 1.165) is 18.4 Å². The Kier molecular flexibility index (Phi) is 20.3. The van der Waals surface area contributed by atoms with Crippen LogP contribution in [0.4, 0.5) is 0 Å². The topological polar surface area (TPSA) is 128 Å². The summed E-state index contributed by atoms with van der Waals surface area (Å²) in [7, 11) is 0. The minimum Gasteiger partial charge on any atom is -0.461 e. The molecule has 0 aliphatic rings. The molecular weight excluding hydrogens is 479 g/mol. The number of hydrogen-bond donors (Lipinski definition) is 3. The Labute approximate surface area is 246 Å². The van der Waals surface area contributed by atoms with Crippen molar-refractivity contribution >= 4 is 17.8 Å². The molecule has 0 saturated heterocycles. The van der Waals surface area contributed by atoms with Crippen LogP contribution in [0.25, 0.3) is 0 Å². The number of allylic oxidation sites excluding steroid dienone is 1. The Morgan fingerprint density at radius 2 is 1.59 bits per heavy atom. The molecule has 0 aliphatic carbocycles. The van der Waals surface area contributed by atoms with Crippen molar-refractivity contribution in [1.29, 1.82) is 0 Å². The van der Waals surface area contributed by atoms with Gasteiger partial charge in [-0.3, -0.25) is 14.4 Å². The normalized spacial score (nSPS) is 11.1. The molecule has 0 unspecified atom stereocenters. The third kappa shape index (κ3) is 19.0. The van der Waals surface area contributed by atoms with Crippen LogP contribution in [0.1, 0.15) is 65.9 Å². The van der Waals surface area contributed by atoms with Gasteiger partial charge in [0.05, 0.1) is 6.42 Å². The van der Waals surface area contributed by atoms with E-state index < -0.39 is 0 Å². The monoisotopic (exact) mass is 526 g/mol. The van der Waals surface area contributed by atoms with Crippen LogP contribution < -0.4 is 46.3 Å². The van der Waals surface area contributed by atoms with Crippen LogP contribution in [-0.4, -0.2) is 54.4 Å². The van der Waals surface area contributed by atoms with Crippen LogP contribution >= 0.6 is 0 Å². The van der Waals surface area contributed by atoms with Crippen LogP contribution in [0.5, 0.6) is 0 Å². The number of rotatable bonds is 14. The second kappa shape index (κ2) is 20.2. The number of benzene rings is 1. The maximum absolute atomic E-state index is 12.1. The average Bonchev–Trinajstić information content (AvgIpc) is 2.82. The SMILES string of the molecule is CCC(=O)N(CCN)CCN.[CH2-]C=CC(=O)NC(C)(C)CCC(C)(C)CC(=O)OCc1ccccc1.[Na+]. The maximum Gasteiger partial charge on any atom is 1.00 e. The molecule has 1 aromatic carbocycles. The molecule has 0 bridgehead atoms. The molecule has 0 aliphatic heterocycles. The number of carbonyl (C=O) groups is 3.